The topological polar surface area (TPSA) is 244 Å². The zero-order valence-electron chi connectivity index (χ0n) is 10.4. The normalized spacial score (nSPS) is 27.1. The van der Waals surface area contributed by atoms with Gasteiger partial charge in [0.25, 0.3) is 47.9 Å². The van der Waals surface area contributed by atoms with Gasteiger partial charge in [-0.3, -0.25) is 29.6 Å². The molecule has 0 radical (unpaired) electrons. The maximum atomic E-state index is 11.3. The van der Waals surface area contributed by atoms with E-state index in [1.54, 1.807) is 0 Å². The summed E-state index contributed by atoms with van der Waals surface area (Å²) in [6, 6.07) is 0. The molecule has 2 atom stereocenters. The van der Waals surface area contributed by atoms with E-state index in [0.717, 1.165) is 0 Å². The Kier molecular flexibility index (Phi) is 4.52. The number of hydrogen-bond acceptors (Lipinski definition) is 10. The van der Waals surface area contributed by atoms with Crippen LogP contribution >= 0.6 is 0 Å². The molecule has 23 heavy (non-hydrogen) atoms. The van der Waals surface area contributed by atoms with Crippen molar-refractivity contribution in [3.63, 3.8) is 0 Å². The highest BCUT2D eigenvalue weighted by Crippen LogP contribution is 2.25. The molecule has 1 aliphatic rings. The van der Waals surface area contributed by atoms with E-state index in [-0.39, 0.29) is 6.08 Å². The maximum absolute atomic E-state index is 11.3. The third-order valence-electron chi connectivity index (χ3n) is 2.62. The molecule has 15 nitrogen and oxygen atoms in total. The van der Waals surface area contributed by atoms with Gasteiger partial charge in [0.05, 0.1) is 11.0 Å². The van der Waals surface area contributed by atoms with Crippen LogP contribution in [0.5, 0.6) is 0 Å². The van der Waals surface area contributed by atoms with E-state index in [1.807, 2.05) is 0 Å². The number of rotatable bonds is 3. The van der Waals surface area contributed by atoms with E-state index in [4.69, 9.17) is 19.5 Å². The van der Waals surface area contributed by atoms with Crippen LogP contribution < -0.4 is 0 Å². The number of hydrogen-bond donors (Lipinski definition) is 4. The molecular weight excluding hydrogens is 370 g/mol. The Labute approximate surface area is 126 Å². The van der Waals surface area contributed by atoms with Gasteiger partial charge in [-0.1, -0.05) is 0 Å². The molecule has 130 valence electrons. The summed E-state index contributed by atoms with van der Waals surface area (Å²) in [6.45, 7) is 0. The summed E-state index contributed by atoms with van der Waals surface area (Å²) in [5.41, 5.74) is -5.11. The monoisotopic (exact) mass is 377 g/mol. The molecule has 1 aliphatic carbocycles. The molecule has 0 saturated carbocycles. The smallest absolute Gasteiger partial charge is 0.288 e. The lowest BCUT2D eigenvalue weighted by Gasteiger charge is -2.19. The van der Waals surface area contributed by atoms with Gasteiger partial charge in [0.15, 0.2) is 0 Å². The predicted octanol–water partition coefficient (Wildman–Crippen LogP) is -2.65. The summed E-state index contributed by atoms with van der Waals surface area (Å²) < 4.78 is 62.9. The molecule has 0 heterocycles. The van der Waals surface area contributed by atoms with Crippen molar-refractivity contribution in [2.45, 2.75) is 10.5 Å². The fourth-order valence-electron chi connectivity index (χ4n) is 1.86. The molecule has 1 rings (SSSR count). The van der Waals surface area contributed by atoms with Crippen molar-refractivity contribution in [1.29, 1.82) is 0 Å². The zero-order chi connectivity index (χ0) is 18.3. The average molecular weight is 377 g/mol. The van der Waals surface area contributed by atoms with Crippen LogP contribution in [0.4, 0.5) is 0 Å². The first kappa shape index (κ1) is 18.5. The molecule has 0 fully saturated rings. The Bertz CT molecular complexity index is 841. The maximum Gasteiger partial charge on any atom is 0.288 e. The lowest BCUT2D eigenvalue weighted by molar-refractivity contribution is -0.730. The second kappa shape index (κ2) is 5.61. The van der Waals surface area contributed by atoms with Crippen LogP contribution in [0.15, 0.2) is 11.8 Å². The van der Waals surface area contributed by atoms with Gasteiger partial charge in [-0.05, 0) is 0 Å². The Morgan fingerprint density at radius 2 is 1.35 bits per heavy atom. The van der Waals surface area contributed by atoms with Gasteiger partial charge in [-0.2, -0.15) is 16.8 Å². The third-order valence-corrected chi connectivity index (χ3v) is 4.78. The van der Waals surface area contributed by atoms with Crippen molar-refractivity contribution in [1.82, 2.24) is 0 Å². The minimum Gasteiger partial charge on any atom is -0.417 e. The molecule has 4 N–H and O–H groups in total. The second-order valence-electron chi connectivity index (χ2n) is 4.01. The zero-order valence-corrected chi connectivity index (χ0v) is 12.1. The molecular formula is C6H7N3O12S2. The van der Waals surface area contributed by atoms with Crippen LogP contribution in [0.1, 0.15) is 0 Å². The average Bonchev–Trinajstić information content (AvgIpc) is 2.33. The summed E-state index contributed by atoms with van der Waals surface area (Å²) in [5, 5.41) is 44.4. The van der Waals surface area contributed by atoms with Crippen molar-refractivity contribution in [2.24, 2.45) is 0 Å². The summed E-state index contributed by atoms with van der Waals surface area (Å²) in [5.74, 6) is 0. The fraction of sp³-hybridized carbons (Fsp3) is 0.333. The van der Waals surface area contributed by atoms with Gasteiger partial charge >= 0.3 is 0 Å². The van der Waals surface area contributed by atoms with E-state index in [1.165, 1.54) is 0 Å². The van der Waals surface area contributed by atoms with Crippen LogP contribution in [0.3, 0.4) is 0 Å². The fourth-order valence-corrected chi connectivity index (χ4v) is 3.93. The second-order valence-corrected chi connectivity index (χ2v) is 7.01. The molecule has 0 amide bonds. The highest BCUT2D eigenvalue weighted by atomic mass is 32.2. The number of nitro groups is 1. The van der Waals surface area contributed by atoms with Gasteiger partial charge in [0.2, 0.25) is 0 Å². The van der Waals surface area contributed by atoms with Crippen LogP contribution in [-0.2, 0) is 20.2 Å². The first-order valence-corrected chi connectivity index (χ1v) is 8.04. The van der Waals surface area contributed by atoms with Crippen LogP contribution in [0, 0.1) is 20.5 Å². The molecule has 0 aromatic heterocycles. The van der Waals surface area contributed by atoms with Gasteiger partial charge in [-0.15, -0.1) is 0 Å². The Hall–Kier alpha value is -2.50. The van der Waals surface area contributed by atoms with Crippen molar-refractivity contribution >= 4 is 31.7 Å². The van der Waals surface area contributed by atoms with E-state index >= 15 is 0 Å². The van der Waals surface area contributed by atoms with Gasteiger partial charge < -0.3 is 10.4 Å². The van der Waals surface area contributed by atoms with E-state index in [9.17, 15) is 37.4 Å². The highest BCUT2D eigenvalue weighted by Gasteiger charge is 2.61. The molecule has 0 aliphatic heterocycles. The molecule has 0 aromatic carbocycles. The third kappa shape index (κ3) is 3.47. The number of nitrogens with zero attached hydrogens (tertiary/aromatic N) is 3. The van der Waals surface area contributed by atoms with Crippen molar-refractivity contribution < 1.29 is 51.1 Å². The Morgan fingerprint density at radius 1 is 0.913 bits per heavy atom. The van der Waals surface area contributed by atoms with Crippen LogP contribution in [0.2, 0.25) is 0 Å². The quantitative estimate of drug-likeness (QED) is 0.129. The molecule has 0 aromatic rings. The molecule has 17 heteroatoms. The Morgan fingerprint density at radius 3 is 1.61 bits per heavy atom. The lowest BCUT2D eigenvalue weighted by atomic mass is 9.99. The predicted molar refractivity (Wildman–Crippen MR) is 66.6 cm³/mol. The minimum atomic E-state index is -5.60. The summed E-state index contributed by atoms with van der Waals surface area (Å²) in [7, 11) is -11.2. The first-order valence-electron chi connectivity index (χ1n) is 5.04. The molecule has 0 spiro atoms. The van der Waals surface area contributed by atoms with Crippen LogP contribution in [0.25, 0.3) is 0 Å². The van der Waals surface area contributed by atoms with Crippen molar-refractivity contribution in [3.8, 4) is 0 Å². The summed E-state index contributed by atoms with van der Waals surface area (Å²) >= 11 is 0. The van der Waals surface area contributed by atoms with Crippen LogP contribution in [-0.4, -0.2) is 73.0 Å². The molecule has 0 unspecified atom stereocenters. The largest absolute Gasteiger partial charge is 0.417 e. The van der Waals surface area contributed by atoms with E-state index < -0.39 is 62.6 Å². The van der Waals surface area contributed by atoms with E-state index in [0.29, 0.717) is 0 Å². The molecule has 0 bridgehead atoms. The van der Waals surface area contributed by atoms with Crippen molar-refractivity contribution in [2.75, 3.05) is 0 Å². The van der Waals surface area contributed by atoms with Crippen molar-refractivity contribution in [3.05, 3.63) is 32.3 Å². The standard InChI is InChI=1S/C6H7N3O12S2/c10-7(11)2-1-3(8(12)13)6(23(19,20)21)4(9(14)15)5(2)22(16,17)18/h1,5-6H,(H,10,11)(H,14,15)(H,16,17,18)(H,19,20,21)/t5-,6-/m0/s1. The summed E-state index contributed by atoms with van der Waals surface area (Å²) in [6.07, 6.45) is -0.0864. The lowest BCUT2D eigenvalue weighted by Crippen LogP contribution is -2.55. The Balaban J connectivity index is 4.07. The van der Waals surface area contributed by atoms with E-state index in [2.05, 4.69) is 0 Å². The first-order chi connectivity index (χ1) is 10.2. The molecule has 0 saturated heterocycles. The van der Waals surface area contributed by atoms with Gasteiger partial charge in [0.1, 0.15) is 0 Å². The highest BCUT2D eigenvalue weighted by molar-refractivity contribution is 7.89. The minimum absolute atomic E-state index is 0.0864. The SMILES string of the molecule is O=[N+]([O-])C1=C/C(=[N+](/[O-])O)[C@H](S(=O)(=O)O)/C(=[N+](\[O-])O)[C@H]1S(=O)(=O)O. The van der Waals surface area contributed by atoms with Gasteiger partial charge in [-0.25, -0.2) is 0 Å². The summed E-state index contributed by atoms with van der Waals surface area (Å²) in [4.78, 5) is 6.51. The number of allylic oxidation sites excluding steroid dienone is 1. The van der Waals surface area contributed by atoms with Gasteiger partial charge in [0, 0.05) is 9.80 Å².